The molecule has 1 aliphatic heterocycles. The van der Waals surface area contributed by atoms with Gasteiger partial charge in [-0.1, -0.05) is 6.07 Å². The summed E-state index contributed by atoms with van der Waals surface area (Å²) in [7, 11) is 0. The van der Waals surface area contributed by atoms with Gasteiger partial charge in [0.1, 0.15) is 0 Å². The van der Waals surface area contributed by atoms with Gasteiger partial charge in [-0.2, -0.15) is 0 Å². The normalized spacial score (nSPS) is 21.0. The first-order valence-corrected chi connectivity index (χ1v) is 6.77. The zero-order chi connectivity index (χ0) is 14.5. The van der Waals surface area contributed by atoms with E-state index in [4.69, 9.17) is 5.73 Å². The number of rotatable bonds is 3. The summed E-state index contributed by atoms with van der Waals surface area (Å²) < 4.78 is 0. The van der Waals surface area contributed by atoms with Crippen LogP contribution in [0.2, 0.25) is 0 Å². The van der Waals surface area contributed by atoms with Crippen molar-refractivity contribution in [3.8, 4) is 0 Å². The van der Waals surface area contributed by atoms with Gasteiger partial charge in [-0.3, -0.25) is 4.79 Å². The minimum atomic E-state index is -0.646. The van der Waals surface area contributed by atoms with Crippen LogP contribution in [0.1, 0.15) is 30.1 Å². The molecule has 2 atom stereocenters. The molecule has 7 heteroatoms. The monoisotopic (exact) mass is 312 g/mol. The van der Waals surface area contributed by atoms with Crippen LogP contribution in [0.3, 0.4) is 0 Å². The molecule has 21 heavy (non-hydrogen) atoms. The largest absolute Gasteiger partial charge is 0.351 e. The number of nitrogens with one attached hydrogen (secondary N) is 3. The Balaban J connectivity index is 0.00000220. The van der Waals surface area contributed by atoms with Gasteiger partial charge in [-0.05, 0) is 44.5 Å². The summed E-state index contributed by atoms with van der Waals surface area (Å²) in [5.41, 5.74) is 6.08. The second-order valence-corrected chi connectivity index (χ2v) is 5.04. The SMILES string of the molecule is CC1NCCCC1NC(=O)c1cccc(NC(N)=O)c1.Cl. The van der Waals surface area contributed by atoms with E-state index in [0.29, 0.717) is 11.3 Å². The molecule has 1 heterocycles. The molecule has 116 valence electrons. The number of amides is 3. The van der Waals surface area contributed by atoms with E-state index in [1.165, 1.54) is 0 Å². The van der Waals surface area contributed by atoms with Gasteiger partial charge in [-0.15, -0.1) is 12.4 Å². The smallest absolute Gasteiger partial charge is 0.316 e. The van der Waals surface area contributed by atoms with Crippen molar-refractivity contribution in [2.45, 2.75) is 31.8 Å². The summed E-state index contributed by atoms with van der Waals surface area (Å²) in [5.74, 6) is -0.140. The number of nitrogens with two attached hydrogens (primary N) is 1. The molecule has 0 aliphatic carbocycles. The molecule has 0 spiro atoms. The third kappa shape index (κ3) is 4.91. The molecule has 0 radical (unpaired) electrons. The van der Waals surface area contributed by atoms with E-state index >= 15 is 0 Å². The minimum absolute atomic E-state index is 0. The molecule has 0 bridgehead atoms. The molecule has 1 fully saturated rings. The van der Waals surface area contributed by atoms with Gasteiger partial charge in [0.25, 0.3) is 5.91 Å². The fourth-order valence-electron chi connectivity index (χ4n) is 2.37. The summed E-state index contributed by atoms with van der Waals surface area (Å²) >= 11 is 0. The number of hydrogen-bond acceptors (Lipinski definition) is 3. The Hall–Kier alpha value is -1.79. The van der Waals surface area contributed by atoms with Crippen molar-refractivity contribution < 1.29 is 9.59 Å². The van der Waals surface area contributed by atoms with Crippen LogP contribution >= 0.6 is 12.4 Å². The van der Waals surface area contributed by atoms with E-state index in [1.807, 2.05) is 0 Å². The molecule has 1 aromatic rings. The van der Waals surface area contributed by atoms with Crippen molar-refractivity contribution in [2.75, 3.05) is 11.9 Å². The van der Waals surface area contributed by atoms with Crippen LogP contribution < -0.4 is 21.7 Å². The van der Waals surface area contributed by atoms with Crippen molar-refractivity contribution in [3.63, 3.8) is 0 Å². The quantitative estimate of drug-likeness (QED) is 0.680. The molecule has 2 rings (SSSR count). The number of urea groups is 1. The highest BCUT2D eigenvalue weighted by Crippen LogP contribution is 2.13. The van der Waals surface area contributed by atoms with E-state index in [1.54, 1.807) is 24.3 Å². The second-order valence-electron chi connectivity index (χ2n) is 5.04. The molecule has 1 aromatic carbocycles. The Morgan fingerprint density at radius 2 is 2.14 bits per heavy atom. The summed E-state index contributed by atoms with van der Waals surface area (Å²) in [4.78, 5) is 23.0. The Bertz CT molecular complexity index is 510. The molecule has 1 aliphatic rings. The highest BCUT2D eigenvalue weighted by atomic mass is 35.5. The lowest BCUT2D eigenvalue weighted by molar-refractivity contribution is 0.0920. The maximum atomic E-state index is 12.2. The lowest BCUT2D eigenvalue weighted by Gasteiger charge is -2.30. The topological polar surface area (TPSA) is 96.2 Å². The first-order valence-electron chi connectivity index (χ1n) is 6.77. The van der Waals surface area contributed by atoms with Crippen molar-refractivity contribution >= 4 is 30.0 Å². The van der Waals surface area contributed by atoms with Gasteiger partial charge in [0, 0.05) is 23.3 Å². The highest BCUT2D eigenvalue weighted by molar-refractivity contribution is 5.96. The molecule has 1 saturated heterocycles. The van der Waals surface area contributed by atoms with Crippen LogP contribution in [-0.2, 0) is 0 Å². The Labute approximate surface area is 130 Å². The summed E-state index contributed by atoms with van der Waals surface area (Å²) in [6.07, 6.45) is 2.03. The number of piperidine rings is 1. The Kier molecular flexibility index (Phi) is 6.45. The van der Waals surface area contributed by atoms with Crippen LogP contribution in [-0.4, -0.2) is 30.6 Å². The highest BCUT2D eigenvalue weighted by Gasteiger charge is 2.22. The summed E-state index contributed by atoms with van der Waals surface area (Å²) in [6.45, 7) is 3.06. The van der Waals surface area contributed by atoms with Crippen molar-refractivity contribution in [3.05, 3.63) is 29.8 Å². The molecular formula is C14H21ClN4O2. The first kappa shape index (κ1) is 17.3. The van der Waals surface area contributed by atoms with Crippen LogP contribution in [0, 0.1) is 0 Å². The fourth-order valence-corrected chi connectivity index (χ4v) is 2.37. The maximum Gasteiger partial charge on any atom is 0.316 e. The number of carbonyl (C=O) groups is 2. The third-order valence-corrected chi connectivity index (χ3v) is 3.47. The molecule has 5 N–H and O–H groups in total. The van der Waals surface area contributed by atoms with Gasteiger partial charge in [0.15, 0.2) is 0 Å². The summed E-state index contributed by atoms with van der Waals surface area (Å²) in [5, 5.41) is 8.82. The zero-order valence-corrected chi connectivity index (χ0v) is 12.7. The Morgan fingerprint density at radius 1 is 1.38 bits per heavy atom. The van der Waals surface area contributed by atoms with Gasteiger partial charge in [0.2, 0.25) is 0 Å². The molecular weight excluding hydrogens is 292 g/mol. The second kappa shape index (κ2) is 7.85. The van der Waals surface area contributed by atoms with Crippen LogP contribution in [0.5, 0.6) is 0 Å². The average molecular weight is 313 g/mol. The minimum Gasteiger partial charge on any atom is -0.351 e. The Morgan fingerprint density at radius 3 is 2.81 bits per heavy atom. The van der Waals surface area contributed by atoms with Crippen LogP contribution in [0.4, 0.5) is 10.5 Å². The van der Waals surface area contributed by atoms with E-state index in [2.05, 4.69) is 22.9 Å². The predicted molar refractivity (Wildman–Crippen MR) is 84.8 cm³/mol. The lowest BCUT2D eigenvalue weighted by atomic mass is 9.99. The van der Waals surface area contributed by atoms with E-state index in [-0.39, 0.29) is 30.4 Å². The van der Waals surface area contributed by atoms with Gasteiger partial charge in [0.05, 0.1) is 0 Å². The van der Waals surface area contributed by atoms with E-state index in [9.17, 15) is 9.59 Å². The number of halogens is 1. The van der Waals surface area contributed by atoms with Gasteiger partial charge >= 0.3 is 6.03 Å². The molecule has 6 nitrogen and oxygen atoms in total. The van der Waals surface area contributed by atoms with Crippen molar-refractivity contribution in [2.24, 2.45) is 5.73 Å². The van der Waals surface area contributed by atoms with Gasteiger partial charge < -0.3 is 21.7 Å². The molecule has 0 saturated carbocycles. The lowest BCUT2D eigenvalue weighted by Crippen LogP contribution is -2.51. The van der Waals surface area contributed by atoms with E-state index in [0.717, 1.165) is 19.4 Å². The van der Waals surface area contributed by atoms with Crippen LogP contribution in [0.15, 0.2) is 24.3 Å². The number of primary amides is 1. The van der Waals surface area contributed by atoms with Gasteiger partial charge in [-0.25, -0.2) is 4.79 Å². The fraction of sp³-hybridized carbons (Fsp3) is 0.429. The zero-order valence-electron chi connectivity index (χ0n) is 11.9. The van der Waals surface area contributed by atoms with E-state index < -0.39 is 6.03 Å². The first-order chi connectivity index (χ1) is 9.56. The molecule has 3 amide bonds. The predicted octanol–water partition coefficient (Wildman–Crippen LogP) is 1.47. The molecule has 2 unspecified atom stereocenters. The number of hydrogen-bond donors (Lipinski definition) is 4. The van der Waals surface area contributed by atoms with Crippen LogP contribution in [0.25, 0.3) is 0 Å². The van der Waals surface area contributed by atoms with Crippen molar-refractivity contribution in [1.29, 1.82) is 0 Å². The maximum absolute atomic E-state index is 12.2. The number of carbonyl (C=O) groups excluding carboxylic acids is 2. The standard InChI is InChI=1S/C14H20N4O2.ClH/c1-9-12(6-3-7-16-9)18-13(19)10-4-2-5-11(8-10)17-14(15)20;/h2,4-5,8-9,12,16H,3,6-7H2,1H3,(H,18,19)(H3,15,17,20);1H. The number of benzene rings is 1. The van der Waals surface area contributed by atoms with Crippen molar-refractivity contribution in [1.82, 2.24) is 10.6 Å². The molecule has 0 aromatic heterocycles. The summed E-state index contributed by atoms with van der Waals surface area (Å²) in [6, 6.07) is 6.47. The third-order valence-electron chi connectivity index (χ3n) is 3.47. The number of anilines is 1. The average Bonchev–Trinajstić information content (AvgIpc) is 2.41.